The van der Waals surface area contributed by atoms with Crippen molar-refractivity contribution in [3.63, 3.8) is 0 Å². The lowest BCUT2D eigenvalue weighted by molar-refractivity contribution is -0.270. The minimum atomic E-state index is -0.401. The number of hydrogen-bond acceptors (Lipinski definition) is 3. The van der Waals surface area contributed by atoms with Crippen molar-refractivity contribution in [2.45, 2.75) is 52.6 Å². The number of carbonyl (C=O) groups is 1. The van der Waals surface area contributed by atoms with Gasteiger partial charge in [0.1, 0.15) is 6.10 Å². The average molecular weight is 250 g/mol. The molecular formula is C15H22O3. The van der Waals surface area contributed by atoms with E-state index in [2.05, 4.69) is 6.92 Å². The van der Waals surface area contributed by atoms with Crippen LogP contribution in [0.25, 0.3) is 0 Å². The molecule has 1 aromatic carbocycles. The molecule has 0 radical (unpaired) electrons. The highest BCUT2D eigenvalue weighted by Gasteiger charge is 2.14. The minimum absolute atomic E-state index is 0.0724. The van der Waals surface area contributed by atoms with Gasteiger partial charge in [0.2, 0.25) is 0 Å². The van der Waals surface area contributed by atoms with Crippen LogP contribution in [-0.4, -0.2) is 12.1 Å². The third-order valence-corrected chi connectivity index (χ3v) is 2.90. The molecular weight excluding hydrogens is 228 g/mol. The molecule has 1 unspecified atom stereocenters. The highest BCUT2D eigenvalue weighted by molar-refractivity contribution is 5.90. The van der Waals surface area contributed by atoms with Crippen LogP contribution in [0.3, 0.4) is 0 Å². The number of rotatable bonds is 7. The van der Waals surface area contributed by atoms with Gasteiger partial charge >= 0.3 is 5.97 Å². The molecule has 1 rings (SSSR count). The zero-order valence-electron chi connectivity index (χ0n) is 11.4. The Morgan fingerprint density at radius 2 is 2.00 bits per heavy atom. The third-order valence-electron chi connectivity index (χ3n) is 2.90. The van der Waals surface area contributed by atoms with E-state index >= 15 is 0 Å². The Balaban J connectivity index is 2.66. The Hall–Kier alpha value is -1.35. The predicted octanol–water partition coefficient (Wildman–Crippen LogP) is 3.92. The maximum atomic E-state index is 11.9. The summed E-state index contributed by atoms with van der Waals surface area (Å²) in [4.78, 5) is 21.8. The van der Waals surface area contributed by atoms with E-state index in [9.17, 15) is 4.79 Å². The second-order valence-corrected chi connectivity index (χ2v) is 4.45. The van der Waals surface area contributed by atoms with Crippen LogP contribution in [0.4, 0.5) is 0 Å². The topological polar surface area (TPSA) is 35.5 Å². The molecule has 0 aliphatic heterocycles. The maximum absolute atomic E-state index is 11.9. The van der Waals surface area contributed by atoms with Crippen LogP contribution >= 0.6 is 0 Å². The molecule has 18 heavy (non-hydrogen) atoms. The number of hydrogen-bond donors (Lipinski definition) is 0. The first-order valence-electron chi connectivity index (χ1n) is 6.64. The fourth-order valence-electron chi connectivity index (χ4n) is 1.54. The normalized spacial score (nSPS) is 12.2. The average Bonchev–Trinajstić information content (AvgIpc) is 2.42. The zero-order chi connectivity index (χ0) is 13.4. The Kier molecular flexibility index (Phi) is 6.44. The first-order chi connectivity index (χ1) is 8.69. The van der Waals surface area contributed by atoms with E-state index in [0.717, 1.165) is 31.2 Å². The first-order valence-corrected chi connectivity index (χ1v) is 6.64. The number of aryl methyl sites for hydroxylation is 1. The van der Waals surface area contributed by atoms with Gasteiger partial charge in [0.15, 0.2) is 0 Å². The van der Waals surface area contributed by atoms with Gasteiger partial charge in [0, 0.05) is 0 Å². The quantitative estimate of drug-likeness (QED) is 0.543. The van der Waals surface area contributed by atoms with Gasteiger partial charge in [0.05, 0.1) is 5.56 Å². The van der Waals surface area contributed by atoms with Gasteiger partial charge in [-0.05, 0) is 37.8 Å². The minimum Gasteiger partial charge on any atom is -0.293 e. The molecule has 0 saturated carbocycles. The molecule has 0 aliphatic carbocycles. The monoisotopic (exact) mass is 250 g/mol. The fourth-order valence-corrected chi connectivity index (χ4v) is 1.54. The molecule has 0 amide bonds. The summed E-state index contributed by atoms with van der Waals surface area (Å²) in [7, 11) is 0. The smallest absolute Gasteiger partial charge is 0.293 e. The van der Waals surface area contributed by atoms with Crippen molar-refractivity contribution in [1.29, 1.82) is 0 Å². The van der Waals surface area contributed by atoms with E-state index in [0.29, 0.717) is 5.56 Å². The molecule has 0 spiro atoms. The van der Waals surface area contributed by atoms with Crippen LogP contribution in [0.1, 0.15) is 56.0 Å². The van der Waals surface area contributed by atoms with Crippen molar-refractivity contribution in [3.05, 3.63) is 35.4 Å². The van der Waals surface area contributed by atoms with Crippen LogP contribution < -0.4 is 0 Å². The largest absolute Gasteiger partial charge is 0.373 e. The highest BCUT2D eigenvalue weighted by Crippen LogP contribution is 2.14. The van der Waals surface area contributed by atoms with Crippen LogP contribution in [0.5, 0.6) is 0 Å². The van der Waals surface area contributed by atoms with Gasteiger partial charge < -0.3 is 0 Å². The summed E-state index contributed by atoms with van der Waals surface area (Å²) < 4.78 is 0. The number of carbonyl (C=O) groups excluding carboxylic acids is 1. The standard InChI is InChI=1S/C15H22O3/c1-4-6-9-13-10-7-8-11-14(13)15(16)18-17-12(3)5-2/h7-8,10-12H,4-6,9H2,1-3H3. The molecule has 3 nitrogen and oxygen atoms in total. The number of benzene rings is 1. The van der Waals surface area contributed by atoms with Gasteiger partial charge in [0.25, 0.3) is 0 Å². The van der Waals surface area contributed by atoms with Crippen LogP contribution in [0.15, 0.2) is 24.3 Å². The lowest BCUT2D eigenvalue weighted by Gasteiger charge is -2.11. The Morgan fingerprint density at radius 3 is 2.67 bits per heavy atom. The summed E-state index contributed by atoms with van der Waals surface area (Å²) in [6, 6.07) is 7.54. The number of unbranched alkanes of at least 4 members (excludes halogenated alkanes) is 1. The van der Waals surface area contributed by atoms with Crippen molar-refractivity contribution in [3.8, 4) is 0 Å². The summed E-state index contributed by atoms with van der Waals surface area (Å²) in [5, 5.41) is 0. The van der Waals surface area contributed by atoms with E-state index in [-0.39, 0.29) is 6.10 Å². The van der Waals surface area contributed by atoms with Crippen molar-refractivity contribution in [1.82, 2.24) is 0 Å². The molecule has 0 fully saturated rings. The van der Waals surface area contributed by atoms with Gasteiger partial charge in [-0.15, -0.1) is 0 Å². The van der Waals surface area contributed by atoms with Gasteiger partial charge in [-0.2, -0.15) is 4.89 Å². The first kappa shape index (κ1) is 14.7. The Bertz CT molecular complexity index is 374. The lowest BCUT2D eigenvalue weighted by atomic mass is 10.0. The zero-order valence-corrected chi connectivity index (χ0v) is 11.4. The molecule has 100 valence electrons. The third kappa shape index (κ3) is 4.49. The maximum Gasteiger partial charge on any atom is 0.373 e. The summed E-state index contributed by atoms with van der Waals surface area (Å²) >= 11 is 0. The van der Waals surface area contributed by atoms with Crippen molar-refractivity contribution < 1.29 is 14.6 Å². The fraction of sp³-hybridized carbons (Fsp3) is 0.533. The predicted molar refractivity (Wildman–Crippen MR) is 71.3 cm³/mol. The van der Waals surface area contributed by atoms with Crippen LogP contribution in [0, 0.1) is 0 Å². The lowest BCUT2D eigenvalue weighted by Crippen LogP contribution is -2.14. The molecule has 0 N–H and O–H groups in total. The SMILES string of the molecule is CCCCc1ccccc1C(=O)OOC(C)CC. The van der Waals surface area contributed by atoms with E-state index in [4.69, 9.17) is 9.78 Å². The van der Waals surface area contributed by atoms with E-state index < -0.39 is 5.97 Å². The molecule has 0 saturated heterocycles. The van der Waals surface area contributed by atoms with Crippen LogP contribution in [-0.2, 0) is 16.2 Å². The van der Waals surface area contributed by atoms with Gasteiger partial charge in [-0.3, -0.25) is 4.89 Å². The highest BCUT2D eigenvalue weighted by atomic mass is 17.2. The summed E-state index contributed by atoms with van der Waals surface area (Å²) in [5.41, 5.74) is 1.63. The van der Waals surface area contributed by atoms with Gasteiger partial charge in [-0.25, -0.2) is 4.79 Å². The molecule has 0 aromatic heterocycles. The summed E-state index contributed by atoms with van der Waals surface area (Å²) in [5.74, 6) is -0.401. The van der Waals surface area contributed by atoms with Crippen LogP contribution in [0.2, 0.25) is 0 Å². The summed E-state index contributed by atoms with van der Waals surface area (Å²) in [6.45, 7) is 5.98. The van der Waals surface area contributed by atoms with Crippen molar-refractivity contribution in [2.75, 3.05) is 0 Å². The van der Waals surface area contributed by atoms with E-state index in [1.54, 1.807) is 6.07 Å². The molecule has 3 heteroatoms. The second kappa shape index (κ2) is 7.88. The van der Waals surface area contributed by atoms with Crippen molar-refractivity contribution in [2.24, 2.45) is 0 Å². The molecule has 0 heterocycles. The molecule has 1 atom stereocenters. The van der Waals surface area contributed by atoms with E-state index in [1.807, 2.05) is 32.0 Å². The van der Waals surface area contributed by atoms with Crippen molar-refractivity contribution >= 4 is 5.97 Å². The Morgan fingerprint density at radius 1 is 1.28 bits per heavy atom. The molecule has 0 bridgehead atoms. The molecule has 0 aliphatic rings. The summed E-state index contributed by atoms with van der Waals surface area (Å²) in [6.07, 6.45) is 3.80. The Labute approximate surface area is 109 Å². The van der Waals surface area contributed by atoms with Gasteiger partial charge in [-0.1, -0.05) is 38.5 Å². The van der Waals surface area contributed by atoms with E-state index in [1.165, 1.54) is 0 Å². The molecule has 1 aromatic rings. The second-order valence-electron chi connectivity index (χ2n) is 4.45.